The lowest BCUT2D eigenvalue weighted by atomic mass is 9.73. The highest BCUT2D eigenvalue weighted by molar-refractivity contribution is 6.00. The molecule has 0 atom stereocenters. The summed E-state index contributed by atoms with van der Waals surface area (Å²) in [7, 11) is 0. The molecule has 8 heteroatoms. The van der Waals surface area contributed by atoms with Crippen molar-refractivity contribution in [3.8, 4) is 11.1 Å². The van der Waals surface area contributed by atoms with E-state index in [4.69, 9.17) is 0 Å². The summed E-state index contributed by atoms with van der Waals surface area (Å²) in [4.78, 5) is 28.6. The molecule has 1 fully saturated rings. The van der Waals surface area contributed by atoms with Gasteiger partial charge in [0, 0.05) is 24.7 Å². The van der Waals surface area contributed by atoms with E-state index in [9.17, 15) is 22.8 Å². The third kappa shape index (κ3) is 6.32. The molecule has 1 aliphatic heterocycles. The average molecular weight is 564 g/mol. The molecule has 2 amide bonds. The highest BCUT2D eigenvalue weighted by Crippen LogP contribution is 2.51. The number of nitrogens with one attached hydrogen (secondary N) is 2. The molecule has 1 heterocycles. The molecule has 216 valence electrons. The number of amides is 2. The molecule has 3 aromatic rings. The second-order valence-electron chi connectivity index (χ2n) is 11.2. The first kappa shape index (κ1) is 28.9. The minimum atomic E-state index is -4.49. The van der Waals surface area contributed by atoms with Crippen molar-refractivity contribution in [3.05, 3.63) is 95.1 Å². The van der Waals surface area contributed by atoms with E-state index >= 15 is 0 Å². The molecule has 41 heavy (non-hydrogen) atoms. The van der Waals surface area contributed by atoms with Crippen LogP contribution >= 0.6 is 0 Å². The molecule has 5 nitrogen and oxygen atoms in total. The van der Waals surface area contributed by atoms with E-state index in [0.29, 0.717) is 18.4 Å². The lowest BCUT2D eigenvalue weighted by molar-refractivity contribution is -0.141. The normalized spacial score (nSPS) is 16.6. The number of hydrogen-bond acceptors (Lipinski definition) is 3. The first-order valence-corrected chi connectivity index (χ1v) is 14.3. The van der Waals surface area contributed by atoms with Crippen LogP contribution in [0.4, 0.5) is 13.2 Å². The summed E-state index contributed by atoms with van der Waals surface area (Å²) in [5.41, 5.74) is 3.97. The van der Waals surface area contributed by atoms with Crippen LogP contribution in [-0.4, -0.2) is 55.1 Å². The molecule has 3 aromatic carbocycles. The molecule has 0 unspecified atom stereocenters. The van der Waals surface area contributed by atoms with E-state index in [2.05, 4.69) is 15.5 Å². The number of benzene rings is 3. The fraction of sp³-hybridized carbons (Fsp3) is 0.394. The summed E-state index contributed by atoms with van der Waals surface area (Å²) in [6.07, 6.45) is -0.830. The zero-order valence-corrected chi connectivity index (χ0v) is 23.3. The first-order chi connectivity index (χ1) is 19.7. The van der Waals surface area contributed by atoms with Crippen LogP contribution in [0.1, 0.15) is 59.2 Å². The smallest absolute Gasteiger partial charge is 0.349 e. The van der Waals surface area contributed by atoms with Gasteiger partial charge in [0.2, 0.25) is 5.91 Å². The Kier molecular flexibility index (Phi) is 8.50. The van der Waals surface area contributed by atoms with Gasteiger partial charge in [0.05, 0.1) is 0 Å². The minimum Gasteiger partial charge on any atom is -0.349 e. The van der Waals surface area contributed by atoms with Gasteiger partial charge in [-0.05, 0) is 73.5 Å². The van der Waals surface area contributed by atoms with Crippen molar-refractivity contribution in [2.75, 3.05) is 26.2 Å². The van der Waals surface area contributed by atoms with Crippen LogP contribution < -0.4 is 10.6 Å². The highest BCUT2D eigenvalue weighted by atomic mass is 19.4. The maximum atomic E-state index is 13.6. The molecule has 5 rings (SSSR count). The molecule has 0 aromatic heterocycles. The number of unbranched alkanes of at least 4 members (excludes halogenated alkanes) is 1. The molecule has 1 saturated heterocycles. The second kappa shape index (κ2) is 12.1. The van der Waals surface area contributed by atoms with Gasteiger partial charge < -0.3 is 15.5 Å². The van der Waals surface area contributed by atoms with E-state index < -0.39 is 24.0 Å². The number of nitrogens with zero attached hydrogens (tertiary/aromatic N) is 1. The minimum absolute atomic E-state index is 0.0466. The highest BCUT2D eigenvalue weighted by Gasteiger charge is 2.49. The van der Waals surface area contributed by atoms with Gasteiger partial charge in [-0.3, -0.25) is 9.59 Å². The molecule has 1 aliphatic carbocycles. The average Bonchev–Trinajstić information content (AvgIpc) is 3.25. The van der Waals surface area contributed by atoms with Gasteiger partial charge in [-0.1, -0.05) is 72.6 Å². The Balaban J connectivity index is 1.20. The Morgan fingerprint density at radius 3 is 2.05 bits per heavy atom. The zero-order chi connectivity index (χ0) is 29.0. The molecule has 0 saturated carbocycles. The zero-order valence-electron chi connectivity index (χ0n) is 23.3. The topological polar surface area (TPSA) is 61.4 Å². The Labute approximate surface area is 239 Å². The number of carbonyl (C=O) groups is 2. The van der Waals surface area contributed by atoms with Crippen LogP contribution in [0.5, 0.6) is 0 Å². The second-order valence-corrected chi connectivity index (χ2v) is 11.2. The number of aryl methyl sites for hydroxylation is 1. The Hall–Kier alpha value is -3.65. The Morgan fingerprint density at radius 2 is 1.46 bits per heavy atom. The lowest BCUT2D eigenvalue weighted by Crippen LogP contribution is -2.47. The van der Waals surface area contributed by atoms with Gasteiger partial charge in [-0.25, -0.2) is 0 Å². The molecule has 0 radical (unpaired) electrons. The Bertz CT molecular complexity index is 1330. The number of rotatable bonds is 9. The van der Waals surface area contributed by atoms with E-state index in [1.54, 1.807) is 0 Å². The molecular formula is C33H36F3N3O2. The summed E-state index contributed by atoms with van der Waals surface area (Å²) in [6.45, 7) is 3.20. The number of fused-ring (bicyclic) bond motifs is 3. The number of likely N-dealkylation sites (tertiary alicyclic amines) is 1. The standard InChI is InChI=1S/C33H36F3N3O2/c1-23-12-14-24(15-13-23)30(40)38-25-16-20-39(21-17-25)19-7-6-18-32(31(41)37-22-33(34,35)36)28-10-4-2-8-26(28)27-9-3-5-11-29(27)32/h2-5,8-15,25H,6-7,16-22H2,1H3,(H,37,41)(H,38,40). The molecular weight excluding hydrogens is 527 g/mol. The number of hydrogen-bond donors (Lipinski definition) is 2. The molecule has 0 spiro atoms. The van der Waals surface area contributed by atoms with Crippen molar-refractivity contribution >= 4 is 11.8 Å². The van der Waals surface area contributed by atoms with Crippen LogP contribution in [0, 0.1) is 6.92 Å². The van der Waals surface area contributed by atoms with E-state index in [1.165, 1.54) is 0 Å². The fourth-order valence-electron chi connectivity index (χ4n) is 6.28. The van der Waals surface area contributed by atoms with Crippen LogP contribution in [0.25, 0.3) is 11.1 Å². The maximum absolute atomic E-state index is 13.6. The largest absolute Gasteiger partial charge is 0.405 e. The van der Waals surface area contributed by atoms with Gasteiger partial charge >= 0.3 is 6.18 Å². The monoisotopic (exact) mass is 563 g/mol. The lowest BCUT2D eigenvalue weighted by Gasteiger charge is -2.33. The van der Waals surface area contributed by atoms with Crippen molar-refractivity contribution in [3.63, 3.8) is 0 Å². The molecule has 2 N–H and O–H groups in total. The van der Waals surface area contributed by atoms with Gasteiger partial charge in [0.1, 0.15) is 12.0 Å². The number of alkyl halides is 3. The number of halogens is 3. The van der Waals surface area contributed by atoms with Crippen LogP contribution in [0.3, 0.4) is 0 Å². The molecule has 2 aliphatic rings. The van der Waals surface area contributed by atoms with Crippen LogP contribution in [-0.2, 0) is 10.2 Å². The van der Waals surface area contributed by atoms with E-state index in [0.717, 1.165) is 66.7 Å². The number of carbonyl (C=O) groups excluding carboxylic acids is 2. The Morgan fingerprint density at radius 1 is 0.878 bits per heavy atom. The van der Waals surface area contributed by atoms with Crippen molar-refractivity contribution in [1.82, 2.24) is 15.5 Å². The fourth-order valence-corrected chi connectivity index (χ4v) is 6.28. The van der Waals surface area contributed by atoms with Crippen molar-refractivity contribution in [1.29, 1.82) is 0 Å². The summed E-state index contributed by atoms with van der Waals surface area (Å²) in [5, 5.41) is 5.35. The van der Waals surface area contributed by atoms with Gasteiger partial charge in [0.25, 0.3) is 5.91 Å². The van der Waals surface area contributed by atoms with E-state index in [-0.39, 0.29) is 11.9 Å². The van der Waals surface area contributed by atoms with Crippen molar-refractivity contribution in [2.24, 2.45) is 0 Å². The predicted molar refractivity (Wildman–Crippen MR) is 154 cm³/mol. The summed E-state index contributed by atoms with van der Waals surface area (Å²) in [5.74, 6) is -0.646. The van der Waals surface area contributed by atoms with Gasteiger partial charge in [0.15, 0.2) is 0 Å². The van der Waals surface area contributed by atoms with Gasteiger partial charge in [-0.2, -0.15) is 13.2 Å². The summed E-state index contributed by atoms with van der Waals surface area (Å²) < 4.78 is 39.3. The third-order valence-electron chi connectivity index (χ3n) is 8.41. The predicted octanol–water partition coefficient (Wildman–Crippen LogP) is 6.00. The first-order valence-electron chi connectivity index (χ1n) is 14.3. The van der Waals surface area contributed by atoms with Crippen LogP contribution in [0.2, 0.25) is 0 Å². The summed E-state index contributed by atoms with van der Waals surface area (Å²) >= 11 is 0. The quantitative estimate of drug-likeness (QED) is 0.314. The van der Waals surface area contributed by atoms with Crippen molar-refractivity contribution < 1.29 is 22.8 Å². The molecule has 0 bridgehead atoms. The summed E-state index contributed by atoms with van der Waals surface area (Å²) in [6, 6.07) is 22.8. The maximum Gasteiger partial charge on any atom is 0.405 e. The van der Waals surface area contributed by atoms with Gasteiger partial charge in [-0.15, -0.1) is 0 Å². The van der Waals surface area contributed by atoms with Crippen molar-refractivity contribution in [2.45, 2.75) is 56.7 Å². The SMILES string of the molecule is Cc1ccc(C(=O)NC2CCN(CCCCC3(C(=O)NCC(F)(F)F)c4ccccc4-c4ccccc43)CC2)cc1. The third-order valence-corrected chi connectivity index (χ3v) is 8.41. The number of piperidine rings is 1. The van der Waals surface area contributed by atoms with E-state index in [1.807, 2.05) is 79.7 Å². The van der Waals surface area contributed by atoms with Crippen LogP contribution in [0.15, 0.2) is 72.8 Å².